The van der Waals surface area contributed by atoms with Gasteiger partial charge in [-0.25, -0.2) is 9.89 Å². The number of aromatic nitrogens is 3. The predicted molar refractivity (Wildman–Crippen MR) is 73.4 cm³/mol. The number of nitriles is 1. The molecule has 1 aromatic carbocycles. The monoisotopic (exact) mass is 294 g/mol. The third-order valence-electron chi connectivity index (χ3n) is 2.44. The van der Waals surface area contributed by atoms with Crippen molar-refractivity contribution in [3.8, 4) is 6.07 Å². The van der Waals surface area contributed by atoms with Gasteiger partial charge in [-0.3, -0.25) is 4.57 Å². The molecule has 0 saturated heterocycles. The summed E-state index contributed by atoms with van der Waals surface area (Å²) in [4.78, 5) is 12.3. The lowest BCUT2D eigenvalue weighted by molar-refractivity contribution is 0.604. The lowest BCUT2D eigenvalue weighted by Crippen LogP contribution is -2.17. The molecule has 0 aliphatic carbocycles. The average molecular weight is 295 g/mol. The number of nitrogens with zero attached hydrogens (tertiary/aromatic N) is 3. The molecule has 0 unspecified atom stereocenters. The summed E-state index contributed by atoms with van der Waals surface area (Å²) in [6.45, 7) is 2.56. The van der Waals surface area contributed by atoms with Crippen molar-refractivity contribution in [1.29, 1.82) is 5.26 Å². The van der Waals surface area contributed by atoms with E-state index in [9.17, 15) is 4.79 Å². The van der Waals surface area contributed by atoms with Crippen molar-refractivity contribution in [2.24, 2.45) is 0 Å². The third-order valence-corrected chi connectivity index (χ3v) is 3.72. The zero-order chi connectivity index (χ0) is 13.8. The van der Waals surface area contributed by atoms with Gasteiger partial charge >= 0.3 is 5.69 Å². The number of benzene rings is 1. The van der Waals surface area contributed by atoms with E-state index < -0.39 is 0 Å². The molecule has 98 valence electrons. The highest BCUT2D eigenvalue weighted by Crippen LogP contribution is 2.30. The second-order valence-electron chi connectivity index (χ2n) is 3.82. The molecule has 0 amide bonds. The van der Waals surface area contributed by atoms with Gasteiger partial charge in [0, 0.05) is 16.5 Å². The van der Waals surface area contributed by atoms with Crippen LogP contribution < -0.4 is 5.69 Å². The number of rotatable bonds is 4. The molecule has 0 spiro atoms. The largest absolute Gasteiger partial charge is 0.343 e. The minimum Gasteiger partial charge on any atom is -0.270 e. The summed E-state index contributed by atoms with van der Waals surface area (Å²) in [7, 11) is 0. The van der Waals surface area contributed by atoms with Crippen LogP contribution >= 0.6 is 23.4 Å². The number of nitrogens with one attached hydrogen (secondary N) is 1. The summed E-state index contributed by atoms with van der Waals surface area (Å²) in [6, 6.07) is 7.10. The van der Waals surface area contributed by atoms with E-state index in [0.29, 0.717) is 27.2 Å². The highest BCUT2D eigenvalue weighted by atomic mass is 35.5. The van der Waals surface area contributed by atoms with E-state index in [-0.39, 0.29) is 5.69 Å². The molecule has 5 nitrogen and oxygen atoms in total. The molecule has 1 heterocycles. The van der Waals surface area contributed by atoms with Crippen molar-refractivity contribution in [1.82, 2.24) is 14.8 Å². The molecule has 0 saturated carbocycles. The van der Waals surface area contributed by atoms with Gasteiger partial charge in [0.2, 0.25) is 0 Å². The number of hydrogen-bond donors (Lipinski definition) is 1. The second-order valence-corrected chi connectivity index (χ2v) is 5.26. The van der Waals surface area contributed by atoms with E-state index in [1.54, 1.807) is 22.8 Å². The van der Waals surface area contributed by atoms with Gasteiger partial charge in [0.1, 0.15) is 6.07 Å². The smallest absolute Gasteiger partial charge is 0.270 e. The van der Waals surface area contributed by atoms with Crippen LogP contribution in [0, 0.1) is 11.3 Å². The normalized spacial score (nSPS) is 10.4. The zero-order valence-electron chi connectivity index (χ0n) is 10.2. The first-order valence-electron chi connectivity index (χ1n) is 5.68. The molecular formula is C12H11ClN4OS. The van der Waals surface area contributed by atoms with Crippen LogP contribution in [0.5, 0.6) is 0 Å². The number of hydrogen-bond acceptors (Lipinski definition) is 4. The molecule has 0 bridgehead atoms. The first kappa shape index (κ1) is 13.7. The van der Waals surface area contributed by atoms with Crippen LogP contribution in [0.1, 0.15) is 18.9 Å². The molecule has 0 fully saturated rings. The maximum absolute atomic E-state index is 11.6. The van der Waals surface area contributed by atoms with Gasteiger partial charge < -0.3 is 0 Å². The molecule has 0 radical (unpaired) electrons. The quantitative estimate of drug-likeness (QED) is 0.940. The molecule has 2 rings (SSSR count). The van der Waals surface area contributed by atoms with Crippen molar-refractivity contribution in [3.63, 3.8) is 0 Å². The highest BCUT2D eigenvalue weighted by molar-refractivity contribution is 7.99. The van der Waals surface area contributed by atoms with Crippen LogP contribution in [0.25, 0.3) is 0 Å². The van der Waals surface area contributed by atoms with Gasteiger partial charge in [-0.2, -0.15) is 5.26 Å². The summed E-state index contributed by atoms with van der Waals surface area (Å²) >= 11 is 7.18. The average Bonchev–Trinajstić information content (AvgIpc) is 2.72. The Kier molecular flexibility index (Phi) is 4.30. The van der Waals surface area contributed by atoms with E-state index >= 15 is 0 Å². The van der Waals surface area contributed by atoms with Crippen molar-refractivity contribution in [2.75, 3.05) is 0 Å². The minimum absolute atomic E-state index is 0.245. The van der Waals surface area contributed by atoms with Gasteiger partial charge in [0.05, 0.1) is 5.56 Å². The summed E-state index contributed by atoms with van der Waals surface area (Å²) in [5.41, 5.74) is 0.262. The standard InChI is InChI=1S/C12H11ClN4OS/c1-2-5-17-11(18)15-16-12(17)19-10-6-9(13)4-3-8(10)7-14/h3-4,6H,2,5H2,1H3,(H,15,18). The van der Waals surface area contributed by atoms with Crippen LogP contribution in [-0.2, 0) is 6.54 Å². The van der Waals surface area contributed by atoms with Crippen LogP contribution in [0.2, 0.25) is 5.02 Å². The first-order chi connectivity index (χ1) is 9.15. The van der Waals surface area contributed by atoms with E-state index in [2.05, 4.69) is 16.3 Å². The Hall–Kier alpha value is -1.71. The Morgan fingerprint density at radius 1 is 1.58 bits per heavy atom. The lowest BCUT2D eigenvalue weighted by atomic mass is 10.2. The Bertz CT molecular complexity index is 686. The van der Waals surface area contributed by atoms with Gasteiger partial charge in [-0.15, -0.1) is 5.10 Å². The fourth-order valence-corrected chi connectivity index (χ4v) is 2.79. The third kappa shape index (κ3) is 3.00. The summed E-state index contributed by atoms with van der Waals surface area (Å²) in [5, 5.41) is 16.5. The molecule has 1 N–H and O–H groups in total. The Morgan fingerprint density at radius 3 is 3.05 bits per heavy atom. The summed E-state index contributed by atoms with van der Waals surface area (Å²) in [6.07, 6.45) is 0.827. The fourth-order valence-electron chi connectivity index (χ4n) is 1.57. The highest BCUT2D eigenvalue weighted by Gasteiger charge is 2.12. The minimum atomic E-state index is -0.245. The van der Waals surface area contributed by atoms with Crippen LogP contribution in [0.15, 0.2) is 33.0 Å². The Balaban J connectivity index is 2.39. The van der Waals surface area contributed by atoms with Gasteiger partial charge in [-0.05, 0) is 36.4 Å². The zero-order valence-corrected chi connectivity index (χ0v) is 11.8. The van der Waals surface area contributed by atoms with Gasteiger partial charge in [-0.1, -0.05) is 18.5 Å². The van der Waals surface area contributed by atoms with Gasteiger partial charge in [0.15, 0.2) is 5.16 Å². The molecule has 0 aliphatic heterocycles. The Morgan fingerprint density at radius 2 is 2.37 bits per heavy atom. The van der Waals surface area contributed by atoms with Crippen molar-refractivity contribution in [2.45, 2.75) is 29.9 Å². The molecule has 19 heavy (non-hydrogen) atoms. The molecular weight excluding hydrogens is 284 g/mol. The SMILES string of the molecule is CCCn1c(Sc2cc(Cl)ccc2C#N)n[nH]c1=O. The maximum atomic E-state index is 11.6. The summed E-state index contributed by atoms with van der Waals surface area (Å²) in [5.74, 6) is 0. The van der Waals surface area contributed by atoms with Crippen LogP contribution in [0.3, 0.4) is 0 Å². The van der Waals surface area contributed by atoms with Crippen molar-refractivity contribution >= 4 is 23.4 Å². The summed E-state index contributed by atoms with van der Waals surface area (Å²) < 4.78 is 1.55. The molecule has 0 aliphatic rings. The lowest BCUT2D eigenvalue weighted by Gasteiger charge is -2.05. The van der Waals surface area contributed by atoms with Crippen LogP contribution in [-0.4, -0.2) is 14.8 Å². The van der Waals surface area contributed by atoms with E-state index in [1.165, 1.54) is 11.8 Å². The topological polar surface area (TPSA) is 74.5 Å². The van der Waals surface area contributed by atoms with Crippen LogP contribution in [0.4, 0.5) is 0 Å². The van der Waals surface area contributed by atoms with E-state index in [1.807, 2.05) is 6.92 Å². The predicted octanol–water partition coefficient (Wildman–Crippen LogP) is 2.66. The molecule has 7 heteroatoms. The maximum Gasteiger partial charge on any atom is 0.343 e. The second kappa shape index (κ2) is 5.95. The molecule has 2 aromatic rings. The van der Waals surface area contributed by atoms with E-state index in [4.69, 9.17) is 16.9 Å². The van der Waals surface area contributed by atoms with E-state index in [0.717, 1.165) is 6.42 Å². The number of halogens is 1. The molecule has 0 atom stereocenters. The first-order valence-corrected chi connectivity index (χ1v) is 6.88. The fraction of sp³-hybridized carbons (Fsp3) is 0.250. The van der Waals surface area contributed by atoms with Crippen molar-refractivity contribution in [3.05, 3.63) is 39.3 Å². The Labute approximate surface area is 119 Å². The number of aromatic amines is 1. The van der Waals surface area contributed by atoms with Gasteiger partial charge in [0.25, 0.3) is 0 Å². The van der Waals surface area contributed by atoms with Crippen molar-refractivity contribution < 1.29 is 0 Å². The molecule has 1 aromatic heterocycles. The number of H-pyrrole nitrogens is 1.